The van der Waals surface area contributed by atoms with Crippen LogP contribution in [0, 0.1) is 6.92 Å². The Labute approximate surface area is 197 Å². The van der Waals surface area contributed by atoms with Gasteiger partial charge in [0.25, 0.3) is 5.91 Å². The first kappa shape index (κ1) is 20.6. The van der Waals surface area contributed by atoms with Gasteiger partial charge in [-0.2, -0.15) is 0 Å². The van der Waals surface area contributed by atoms with E-state index in [0.717, 1.165) is 60.0 Å². The number of fused-ring (bicyclic) bond motifs is 2. The van der Waals surface area contributed by atoms with E-state index in [1.54, 1.807) is 6.20 Å². The zero-order chi connectivity index (χ0) is 23.2. The Hall–Kier alpha value is -3.98. The first-order valence-corrected chi connectivity index (χ1v) is 11.5. The molecule has 0 atom stereocenters. The molecule has 1 fully saturated rings. The minimum Gasteiger partial charge on any atom is -0.368 e. The lowest BCUT2D eigenvalue weighted by Gasteiger charge is -2.33. The van der Waals surface area contributed by atoms with Gasteiger partial charge in [-0.1, -0.05) is 0 Å². The summed E-state index contributed by atoms with van der Waals surface area (Å²) in [5.74, 6) is 0.569. The van der Waals surface area contributed by atoms with Crippen LogP contribution < -0.4 is 15.5 Å². The molecule has 34 heavy (non-hydrogen) atoms. The second-order valence-corrected chi connectivity index (χ2v) is 8.95. The predicted octanol–water partition coefficient (Wildman–Crippen LogP) is 2.84. The summed E-state index contributed by atoms with van der Waals surface area (Å²) >= 11 is 0. The number of aryl methyl sites for hydroxylation is 1. The molecule has 0 unspecified atom stereocenters. The fourth-order valence-electron chi connectivity index (χ4n) is 4.66. The van der Waals surface area contributed by atoms with Crippen molar-refractivity contribution in [2.24, 2.45) is 0 Å². The van der Waals surface area contributed by atoms with Crippen LogP contribution in [0.2, 0.25) is 0 Å². The van der Waals surface area contributed by atoms with Crippen molar-refractivity contribution in [2.75, 3.05) is 43.4 Å². The maximum atomic E-state index is 12.8. The number of carbonyl (C=O) groups excluding carboxylic acids is 1. The van der Waals surface area contributed by atoms with Gasteiger partial charge in [-0.15, -0.1) is 0 Å². The molecule has 0 aliphatic carbocycles. The van der Waals surface area contributed by atoms with Crippen molar-refractivity contribution >= 4 is 28.7 Å². The molecular weight excluding hydrogens is 428 g/mol. The SMILES string of the molecule is Cc1ccn2c(-c3ncc(Nc4ccc(N5CCN(C)CC5)cn4)c4c3CNC4=O)cnc2c1. The highest BCUT2D eigenvalue weighted by Crippen LogP contribution is 2.33. The molecule has 9 heteroatoms. The average Bonchev–Trinajstić information content (AvgIpc) is 3.44. The van der Waals surface area contributed by atoms with E-state index in [4.69, 9.17) is 4.98 Å². The Bertz CT molecular complexity index is 1390. The molecule has 4 aromatic rings. The lowest BCUT2D eigenvalue weighted by Crippen LogP contribution is -2.44. The van der Waals surface area contributed by atoms with Gasteiger partial charge in [0.1, 0.15) is 11.5 Å². The highest BCUT2D eigenvalue weighted by Gasteiger charge is 2.28. The Morgan fingerprint density at radius 3 is 2.65 bits per heavy atom. The number of anilines is 3. The summed E-state index contributed by atoms with van der Waals surface area (Å²) in [6.07, 6.45) is 7.40. The fraction of sp³-hybridized carbons (Fsp3) is 0.280. The molecule has 0 bridgehead atoms. The second kappa shape index (κ2) is 8.11. The maximum Gasteiger partial charge on any atom is 0.254 e. The van der Waals surface area contributed by atoms with E-state index in [1.165, 1.54) is 0 Å². The van der Waals surface area contributed by atoms with Crippen molar-refractivity contribution in [2.45, 2.75) is 13.5 Å². The molecule has 0 aromatic carbocycles. The van der Waals surface area contributed by atoms with Gasteiger partial charge in [0.15, 0.2) is 0 Å². The van der Waals surface area contributed by atoms with Gasteiger partial charge in [0.05, 0.1) is 46.9 Å². The summed E-state index contributed by atoms with van der Waals surface area (Å²) < 4.78 is 2.00. The Morgan fingerprint density at radius 1 is 1.00 bits per heavy atom. The number of imidazole rings is 1. The van der Waals surface area contributed by atoms with Crippen LogP contribution in [0.4, 0.5) is 17.2 Å². The van der Waals surface area contributed by atoms with Crippen molar-refractivity contribution in [1.29, 1.82) is 0 Å². The average molecular weight is 455 g/mol. The Kier molecular flexibility index (Phi) is 4.91. The lowest BCUT2D eigenvalue weighted by atomic mass is 10.1. The highest BCUT2D eigenvalue weighted by molar-refractivity contribution is 6.05. The number of carbonyl (C=O) groups is 1. The molecule has 0 saturated carbocycles. The highest BCUT2D eigenvalue weighted by atomic mass is 16.1. The molecule has 6 heterocycles. The smallest absolute Gasteiger partial charge is 0.254 e. The monoisotopic (exact) mass is 454 g/mol. The van der Waals surface area contributed by atoms with Gasteiger partial charge in [0.2, 0.25) is 0 Å². The van der Waals surface area contributed by atoms with Crippen LogP contribution in [0.1, 0.15) is 21.5 Å². The number of likely N-dealkylation sites (N-methyl/N-ethyl adjacent to an activating group) is 1. The van der Waals surface area contributed by atoms with Crippen molar-refractivity contribution in [3.63, 3.8) is 0 Å². The number of amides is 1. The molecule has 9 nitrogen and oxygen atoms in total. The third-order valence-electron chi connectivity index (χ3n) is 6.62. The quantitative estimate of drug-likeness (QED) is 0.490. The van der Waals surface area contributed by atoms with Crippen molar-refractivity contribution in [3.8, 4) is 11.4 Å². The summed E-state index contributed by atoms with van der Waals surface area (Å²) in [6.45, 7) is 6.55. The molecule has 2 aliphatic rings. The minimum atomic E-state index is -0.111. The third-order valence-corrected chi connectivity index (χ3v) is 6.62. The first-order valence-electron chi connectivity index (χ1n) is 11.5. The Balaban J connectivity index is 1.31. The van der Waals surface area contributed by atoms with Gasteiger partial charge >= 0.3 is 0 Å². The summed E-state index contributed by atoms with van der Waals surface area (Å²) in [4.78, 5) is 31.3. The molecule has 0 spiro atoms. The molecule has 1 amide bonds. The van der Waals surface area contributed by atoms with Crippen LogP contribution in [-0.2, 0) is 6.54 Å². The van der Waals surface area contributed by atoms with Crippen LogP contribution in [0.25, 0.3) is 17.0 Å². The number of aromatic nitrogens is 4. The van der Waals surface area contributed by atoms with E-state index in [1.807, 2.05) is 48.1 Å². The van der Waals surface area contributed by atoms with Gasteiger partial charge in [0, 0.05) is 44.5 Å². The van der Waals surface area contributed by atoms with Crippen LogP contribution in [0.5, 0.6) is 0 Å². The largest absolute Gasteiger partial charge is 0.368 e. The van der Waals surface area contributed by atoms with Crippen LogP contribution >= 0.6 is 0 Å². The minimum absolute atomic E-state index is 0.111. The number of hydrogen-bond donors (Lipinski definition) is 2. The molecule has 2 N–H and O–H groups in total. The third kappa shape index (κ3) is 3.54. The van der Waals surface area contributed by atoms with Crippen LogP contribution in [0.3, 0.4) is 0 Å². The molecular formula is C25H26N8O. The summed E-state index contributed by atoms with van der Waals surface area (Å²) in [7, 11) is 2.15. The number of nitrogens with one attached hydrogen (secondary N) is 2. The van der Waals surface area contributed by atoms with Gasteiger partial charge in [-0.3, -0.25) is 14.2 Å². The topological polar surface area (TPSA) is 90.7 Å². The van der Waals surface area contributed by atoms with Crippen LogP contribution in [0.15, 0.2) is 49.1 Å². The number of pyridine rings is 3. The standard InChI is InChI=1S/C25H26N8O/c1-16-5-6-33-20(15-27-22(33)11-16)24-18-13-29-25(34)23(18)19(14-28-24)30-21-4-3-17(12-26-21)32-9-7-31(2)8-10-32/h3-6,11-12,14-15H,7-10,13H2,1-2H3,(H,26,30)(H,29,34). The van der Waals surface area contributed by atoms with E-state index < -0.39 is 0 Å². The zero-order valence-electron chi connectivity index (χ0n) is 19.2. The van der Waals surface area contributed by atoms with E-state index in [9.17, 15) is 4.79 Å². The number of hydrogen-bond acceptors (Lipinski definition) is 7. The molecule has 0 radical (unpaired) electrons. The number of nitrogens with zero attached hydrogens (tertiary/aromatic N) is 6. The van der Waals surface area contributed by atoms with Gasteiger partial charge in [-0.05, 0) is 43.8 Å². The van der Waals surface area contributed by atoms with E-state index in [0.29, 0.717) is 23.6 Å². The van der Waals surface area contributed by atoms with E-state index in [2.05, 4.69) is 43.5 Å². The van der Waals surface area contributed by atoms with Crippen LogP contribution in [-0.4, -0.2) is 63.4 Å². The first-order chi connectivity index (χ1) is 16.6. The van der Waals surface area contributed by atoms with E-state index >= 15 is 0 Å². The summed E-state index contributed by atoms with van der Waals surface area (Å²) in [5, 5.41) is 6.25. The predicted molar refractivity (Wildman–Crippen MR) is 132 cm³/mol. The molecule has 1 saturated heterocycles. The molecule has 6 rings (SSSR count). The van der Waals surface area contributed by atoms with Crippen molar-refractivity contribution in [3.05, 3.63) is 65.7 Å². The molecule has 172 valence electrons. The fourth-order valence-corrected chi connectivity index (χ4v) is 4.66. The second-order valence-electron chi connectivity index (χ2n) is 8.95. The van der Waals surface area contributed by atoms with Gasteiger partial charge < -0.3 is 20.4 Å². The van der Waals surface area contributed by atoms with Gasteiger partial charge in [-0.25, -0.2) is 9.97 Å². The van der Waals surface area contributed by atoms with Crippen molar-refractivity contribution in [1.82, 2.24) is 29.6 Å². The Morgan fingerprint density at radius 2 is 1.85 bits per heavy atom. The molecule has 4 aromatic heterocycles. The van der Waals surface area contributed by atoms with Crippen molar-refractivity contribution < 1.29 is 4.79 Å². The zero-order valence-corrected chi connectivity index (χ0v) is 19.2. The maximum absolute atomic E-state index is 12.8. The summed E-state index contributed by atoms with van der Waals surface area (Å²) in [5.41, 5.74) is 6.86. The number of piperazine rings is 1. The molecule has 2 aliphatic heterocycles. The lowest BCUT2D eigenvalue weighted by molar-refractivity contribution is 0.0966. The summed E-state index contributed by atoms with van der Waals surface area (Å²) in [6, 6.07) is 8.09. The number of rotatable bonds is 4. The van der Waals surface area contributed by atoms with E-state index in [-0.39, 0.29) is 5.91 Å². The normalized spacial score (nSPS) is 16.1.